The van der Waals surface area contributed by atoms with Gasteiger partial charge in [0, 0.05) is 11.0 Å². The first kappa shape index (κ1) is 15.0. The molecule has 0 aromatic heterocycles. The topological polar surface area (TPSA) is 60.2 Å². The number of nitro groups is 1. The van der Waals surface area contributed by atoms with Crippen molar-refractivity contribution in [3.63, 3.8) is 0 Å². The Morgan fingerprint density at radius 3 is 2.43 bits per heavy atom. The van der Waals surface area contributed by atoms with Gasteiger partial charge in [-0.3, -0.25) is 14.9 Å². The Morgan fingerprint density at radius 1 is 1.14 bits per heavy atom. The van der Waals surface area contributed by atoms with E-state index >= 15 is 0 Å². The molecule has 0 radical (unpaired) electrons. The molecule has 0 unspecified atom stereocenters. The molecule has 2 rings (SSSR count). The molecule has 0 aliphatic heterocycles. The van der Waals surface area contributed by atoms with E-state index in [2.05, 4.69) is 0 Å². The van der Waals surface area contributed by atoms with Gasteiger partial charge in [-0.2, -0.15) is 0 Å². The molecule has 0 atom stereocenters. The smallest absolute Gasteiger partial charge is 0.280 e. The van der Waals surface area contributed by atoms with Crippen molar-refractivity contribution >= 4 is 29.3 Å². The third-order valence-corrected chi connectivity index (χ3v) is 3.65. The summed E-state index contributed by atoms with van der Waals surface area (Å²) in [5.41, 5.74) is 0.795. The molecule has 0 saturated carbocycles. The van der Waals surface area contributed by atoms with Gasteiger partial charge in [-0.25, -0.2) is 0 Å². The van der Waals surface area contributed by atoms with Gasteiger partial charge in [-0.05, 0) is 36.1 Å². The van der Waals surface area contributed by atoms with Crippen LogP contribution in [0.4, 0.5) is 5.69 Å². The van der Waals surface area contributed by atoms with Gasteiger partial charge in [0.2, 0.25) is 0 Å². The molecule has 106 valence electrons. The third-order valence-electron chi connectivity index (χ3n) is 2.91. The summed E-state index contributed by atoms with van der Waals surface area (Å²) in [6.45, 7) is 0. The monoisotopic (exact) mass is 299 g/mol. The van der Waals surface area contributed by atoms with Gasteiger partial charge in [-0.15, -0.1) is 11.8 Å². The van der Waals surface area contributed by atoms with Crippen molar-refractivity contribution in [1.82, 2.24) is 0 Å². The van der Waals surface area contributed by atoms with E-state index in [0.717, 1.165) is 10.5 Å². The molecule has 0 saturated heterocycles. The fourth-order valence-corrected chi connectivity index (χ4v) is 2.23. The lowest BCUT2D eigenvalue weighted by atomic mass is 10.1. The van der Waals surface area contributed by atoms with Crippen LogP contribution in [0.25, 0.3) is 6.08 Å². The van der Waals surface area contributed by atoms with Gasteiger partial charge in [0.25, 0.3) is 5.69 Å². The molecule has 0 spiro atoms. The minimum atomic E-state index is -0.547. The van der Waals surface area contributed by atoms with Crippen molar-refractivity contribution in [2.24, 2.45) is 0 Å². The van der Waals surface area contributed by atoms with Crippen LogP contribution < -0.4 is 0 Å². The van der Waals surface area contributed by atoms with Crippen LogP contribution in [-0.2, 0) is 0 Å². The zero-order valence-corrected chi connectivity index (χ0v) is 12.2. The van der Waals surface area contributed by atoms with Gasteiger partial charge >= 0.3 is 0 Å². The molecule has 0 N–H and O–H groups in total. The van der Waals surface area contributed by atoms with Crippen LogP contribution in [0.1, 0.15) is 15.9 Å². The standard InChI is InChI=1S/C16H13NO3S/c1-21-13-9-6-12(7-10-13)8-11-16(18)14-4-2-3-5-15(14)17(19)20/h2-11H,1H3/b11-8+. The lowest BCUT2D eigenvalue weighted by Gasteiger charge is -1.99. The van der Waals surface area contributed by atoms with Gasteiger partial charge in [-0.1, -0.05) is 30.3 Å². The van der Waals surface area contributed by atoms with Crippen molar-refractivity contribution in [2.75, 3.05) is 6.26 Å². The van der Waals surface area contributed by atoms with Crippen molar-refractivity contribution in [3.05, 3.63) is 75.8 Å². The number of allylic oxidation sites excluding steroid dienone is 1. The fraction of sp³-hybridized carbons (Fsp3) is 0.0625. The highest BCUT2D eigenvalue weighted by molar-refractivity contribution is 7.98. The number of nitrogens with zero attached hydrogens (tertiary/aromatic N) is 1. The third kappa shape index (κ3) is 3.79. The maximum absolute atomic E-state index is 12.1. The second-order valence-electron chi connectivity index (χ2n) is 4.25. The molecule has 5 heteroatoms. The van der Waals surface area contributed by atoms with E-state index in [1.807, 2.05) is 30.5 Å². The van der Waals surface area contributed by atoms with Crippen LogP contribution in [-0.4, -0.2) is 17.0 Å². The quantitative estimate of drug-likeness (QED) is 0.273. The maximum Gasteiger partial charge on any atom is 0.280 e. The highest BCUT2D eigenvalue weighted by Gasteiger charge is 2.16. The highest BCUT2D eigenvalue weighted by Crippen LogP contribution is 2.19. The van der Waals surface area contributed by atoms with E-state index in [9.17, 15) is 14.9 Å². The Kier molecular flexibility index (Phi) is 4.90. The molecule has 0 fully saturated rings. The predicted molar refractivity (Wildman–Crippen MR) is 84.7 cm³/mol. The van der Waals surface area contributed by atoms with E-state index in [-0.39, 0.29) is 17.0 Å². The van der Waals surface area contributed by atoms with Crippen LogP contribution >= 0.6 is 11.8 Å². The summed E-state index contributed by atoms with van der Waals surface area (Å²) in [4.78, 5) is 23.6. The van der Waals surface area contributed by atoms with Gasteiger partial charge in [0.05, 0.1) is 10.5 Å². The average molecular weight is 299 g/mol. The molecule has 4 nitrogen and oxygen atoms in total. The Balaban J connectivity index is 2.21. The minimum absolute atomic E-state index is 0.0967. The van der Waals surface area contributed by atoms with Crippen molar-refractivity contribution in [1.29, 1.82) is 0 Å². The summed E-state index contributed by atoms with van der Waals surface area (Å²) in [7, 11) is 0. The van der Waals surface area contributed by atoms with Crippen molar-refractivity contribution in [3.8, 4) is 0 Å². The number of benzene rings is 2. The fourth-order valence-electron chi connectivity index (χ4n) is 1.82. The van der Waals surface area contributed by atoms with Crippen LogP contribution in [0.15, 0.2) is 59.5 Å². The number of nitro benzene ring substituents is 1. The molecule has 2 aromatic rings. The van der Waals surface area contributed by atoms with Crippen molar-refractivity contribution in [2.45, 2.75) is 4.90 Å². The van der Waals surface area contributed by atoms with Gasteiger partial charge in [0.1, 0.15) is 0 Å². The summed E-state index contributed by atoms with van der Waals surface area (Å²) in [6.07, 6.45) is 5.00. The molecule has 0 bridgehead atoms. The number of ketones is 1. The molecule has 0 amide bonds. The minimum Gasteiger partial charge on any atom is -0.289 e. The molecule has 2 aromatic carbocycles. The summed E-state index contributed by atoms with van der Waals surface area (Å²) in [6, 6.07) is 13.7. The second kappa shape index (κ2) is 6.85. The first-order valence-corrected chi connectivity index (χ1v) is 7.44. The molecule has 0 aliphatic carbocycles. The maximum atomic E-state index is 12.1. The first-order valence-electron chi connectivity index (χ1n) is 6.21. The van der Waals surface area contributed by atoms with E-state index in [4.69, 9.17) is 0 Å². The zero-order valence-electron chi connectivity index (χ0n) is 11.4. The number of carbonyl (C=O) groups excluding carboxylic acids is 1. The first-order chi connectivity index (χ1) is 10.1. The van der Waals surface area contributed by atoms with Crippen LogP contribution in [0.2, 0.25) is 0 Å². The summed E-state index contributed by atoms with van der Waals surface area (Å²) in [5.74, 6) is -0.378. The Hall–Kier alpha value is -2.40. The van der Waals surface area contributed by atoms with Crippen LogP contribution in [0.3, 0.4) is 0 Å². The van der Waals surface area contributed by atoms with E-state index in [0.29, 0.717) is 0 Å². The number of thioether (sulfide) groups is 1. The molecule has 0 aliphatic rings. The lowest BCUT2D eigenvalue weighted by Crippen LogP contribution is -2.00. The number of rotatable bonds is 5. The Morgan fingerprint density at radius 2 is 1.81 bits per heavy atom. The average Bonchev–Trinajstić information content (AvgIpc) is 2.53. The normalized spacial score (nSPS) is 10.7. The summed E-state index contributed by atoms with van der Waals surface area (Å²) >= 11 is 1.64. The SMILES string of the molecule is CSc1ccc(/C=C/C(=O)c2ccccc2[N+](=O)[O-])cc1. The molecular formula is C16H13NO3S. The van der Waals surface area contributed by atoms with Crippen LogP contribution in [0, 0.1) is 10.1 Å². The van der Waals surface area contributed by atoms with E-state index in [1.165, 1.54) is 18.2 Å². The predicted octanol–water partition coefficient (Wildman–Crippen LogP) is 4.21. The largest absolute Gasteiger partial charge is 0.289 e. The molecular weight excluding hydrogens is 286 g/mol. The lowest BCUT2D eigenvalue weighted by molar-refractivity contribution is -0.385. The van der Waals surface area contributed by atoms with E-state index < -0.39 is 4.92 Å². The molecule has 0 heterocycles. The number of hydrogen-bond donors (Lipinski definition) is 0. The summed E-state index contributed by atoms with van der Waals surface area (Å²) < 4.78 is 0. The number of carbonyl (C=O) groups is 1. The highest BCUT2D eigenvalue weighted by atomic mass is 32.2. The number of hydrogen-bond acceptors (Lipinski definition) is 4. The van der Waals surface area contributed by atoms with Gasteiger partial charge in [0.15, 0.2) is 5.78 Å². The Bertz CT molecular complexity index is 693. The van der Waals surface area contributed by atoms with Gasteiger partial charge < -0.3 is 0 Å². The van der Waals surface area contributed by atoms with Crippen molar-refractivity contribution < 1.29 is 9.72 Å². The molecule has 21 heavy (non-hydrogen) atoms. The van der Waals surface area contributed by atoms with E-state index in [1.54, 1.807) is 30.0 Å². The zero-order chi connectivity index (χ0) is 15.2. The van der Waals surface area contributed by atoms with Crippen LogP contribution in [0.5, 0.6) is 0 Å². The summed E-state index contributed by atoms with van der Waals surface area (Å²) in [5, 5.41) is 10.9. The Labute approximate surface area is 126 Å². The number of para-hydroxylation sites is 1. The second-order valence-corrected chi connectivity index (χ2v) is 5.12.